The third kappa shape index (κ3) is 5.89. The van der Waals surface area contributed by atoms with Gasteiger partial charge in [-0.3, -0.25) is 9.69 Å². The fourth-order valence-corrected chi connectivity index (χ4v) is 2.27. The molecule has 1 aliphatic rings. The summed E-state index contributed by atoms with van der Waals surface area (Å²) < 4.78 is 5.14. The van der Waals surface area contributed by atoms with Crippen molar-refractivity contribution in [2.45, 2.75) is 38.8 Å². The van der Waals surface area contributed by atoms with Crippen LogP contribution in [0.2, 0.25) is 0 Å². The third-order valence-electron chi connectivity index (χ3n) is 3.78. The van der Waals surface area contributed by atoms with Crippen molar-refractivity contribution in [3.8, 4) is 0 Å². The van der Waals surface area contributed by atoms with E-state index in [0.717, 1.165) is 19.6 Å². The standard InChI is InChI=1S/C14H29N3O2/c1-12(2)16(3)14(18)11-17(8-9-19-4)10-13-6-5-7-15-13/h12-13,15H,5-11H2,1-4H3. The van der Waals surface area contributed by atoms with E-state index in [9.17, 15) is 4.79 Å². The Balaban J connectivity index is 2.45. The summed E-state index contributed by atoms with van der Waals surface area (Å²) in [5, 5.41) is 3.48. The molecule has 5 heteroatoms. The Morgan fingerprint density at radius 3 is 2.74 bits per heavy atom. The number of methoxy groups -OCH3 is 1. The summed E-state index contributed by atoms with van der Waals surface area (Å²) in [7, 11) is 3.57. The highest BCUT2D eigenvalue weighted by Crippen LogP contribution is 2.07. The van der Waals surface area contributed by atoms with Crippen molar-refractivity contribution in [3.63, 3.8) is 0 Å². The number of hydrogen-bond acceptors (Lipinski definition) is 4. The second-order valence-electron chi connectivity index (χ2n) is 5.62. The largest absolute Gasteiger partial charge is 0.383 e. The molecule has 5 nitrogen and oxygen atoms in total. The number of nitrogens with zero attached hydrogens (tertiary/aromatic N) is 2. The lowest BCUT2D eigenvalue weighted by molar-refractivity contribution is -0.132. The van der Waals surface area contributed by atoms with Gasteiger partial charge in [0.25, 0.3) is 0 Å². The Morgan fingerprint density at radius 2 is 2.21 bits per heavy atom. The summed E-state index contributed by atoms with van der Waals surface area (Å²) in [6, 6.07) is 0.774. The second kappa shape index (κ2) is 8.51. The summed E-state index contributed by atoms with van der Waals surface area (Å²) in [4.78, 5) is 16.2. The van der Waals surface area contributed by atoms with Gasteiger partial charge in [0.05, 0.1) is 13.2 Å². The molecule has 0 aliphatic carbocycles. The van der Waals surface area contributed by atoms with E-state index in [1.807, 2.05) is 25.8 Å². The van der Waals surface area contributed by atoms with Gasteiger partial charge in [0.2, 0.25) is 5.91 Å². The van der Waals surface area contributed by atoms with Gasteiger partial charge >= 0.3 is 0 Å². The predicted octanol–water partition coefficient (Wildman–Crippen LogP) is 0.554. The summed E-state index contributed by atoms with van der Waals surface area (Å²) in [6.07, 6.45) is 2.44. The molecule has 0 bridgehead atoms. The van der Waals surface area contributed by atoms with Crippen LogP contribution in [0.15, 0.2) is 0 Å². The first-order valence-electron chi connectivity index (χ1n) is 7.25. The average molecular weight is 271 g/mol. The minimum Gasteiger partial charge on any atom is -0.383 e. The van der Waals surface area contributed by atoms with Crippen LogP contribution in [-0.2, 0) is 9.53 Å². The van der Waals surface area contributed by atoms with E-state index in [1.165, 1.54) is 12.8 Å². The van der Waals surface area contributed by atoms with E-state index in [1.54, 1.807) is 7.11 Å². The average Bonchev–Trinajstić information content (AvgIpc) is 2.87. The Bertz CT molecular complexity index is 265. The maximum Gasteiger partial charge on any atom is 0.236 e. The highest BCUT2D eigenvalue weighted by Gasteiger charge is 2.21. The molecule has 0 spiro atoms. The Labute approximate surface area is 117 Å². The van der Waals surface area contributed by atoms with Crippen LogP contribution in [0.3, 0.4) is 0 Å². The molecule has 1 fully saturated rings. The van der Waals surface area contributed by atoms with E-state index in [4.69, 9.17) is 4.74 Å². The topological polar surface area (TPSA) is 44.8 Å². The zero-order valence-corrected chi connectivity index (χ0v) is 12.8. The number of carbonyl (C=O) groups is 1. The number of carbonyl (C=O) groups excluding carboxylic acids is 1. The van der Waals surface area contributed by atoms with Gasteiger partial charge < -0.3 is 15.0 Å². The van der Waals surface area contributed by atoms with Crippen LogP contribution in [0.4, 0.5) is 0 Å². The molecular weight excluding hydrogens is 242 g/mol. The number of amides is 1. The lowest BCUT2D eigenvalue weighted by Crippen LogP contribution is -2.46. The quantitative estimate of drug-likeness (QED) is 0.700. The molecule has 1 unspecified atom stereocenters. The number of likely N-dealkylation sites (N-methyl/N-ethyl adjacent to an activating group) is 1. The van der Waals surface area contributed by atoms with Crippen LogP contribution >= 0.6 is 0 Å². The van der Waals surface area contributed by atoms with E-state index in [-0.39, 0.29) is 11.9 Å². The van der Waals surface area contributed by atoms with Gasteiger partial charge in [-0.25, -0.2) is 0 Å². The molecule has 19 heavy (non-hydrogen) atoms. The van der Waals surface area contributed by atoms with Gasteiger partial charge in [-0.1, -0.05) is 0 Å². The predicted molar refractivity (Wildman–Crippen MR) is 77.2 cm³/mol. The zero-order chi connectivity index (χ0) is 14.3. The van der Waals surface area contributed by atoms with Gasteiger partial charge in [0, 0.05) is 39.3 Å². The van der Waals surface area contributed by atoms with Crippen LogP contribution in [0.5, 0.6) is 0 Å². The van der Waals surface area contributed by atoms with Crippen molar-refractivity contribution in [2.24, 2.45) is 0 Å². The first kappa shape index (κ1) is 16.4. The van der Waals surface area contributed by atoms with E-state index >= 15 is 0 Å². The smallest absolute Gasteiger partial charge is 0.236 e. The number of hydrogen-bond donors (Lipinski definition) is 1. The van der Waals surface area contributed by atoms with E-state index < -0.39 is 0 Å². The number of rotatable bonds is 8. The highest BCUT2D eigenvalue weighted by molar-refractivity contribution is 5.78. The SMILES string of the molecule is COCCN(CC(=O)N(C)C(C)C)CC1CCCN1. The maximum absolute atomic E-state index is 12.2. The third-order valence-corrected chi connectivity index (χ3v) is 3.78. The molecule has 0 aromatic heterocycles. The fourth-order valence-electron chi connectivity index (χ4n) is 2.27. The Kier molecular flexibility index (Phi) is 7.34. The molecule has 0 aromatic carbocycles. The second-order valence-corrected chi connectivity index (χ2v) is 5.62. The summed E-state index contributed by atoms with van der Waals surface area (Å²) in [5.74, 6) is 0.184. The molecular formula is C14H29N3O2. The molecule has 1 amide bonds. The molecule has 1 aliphatic heterocycles. The monoisotopic (exact) mass is 271 g/mol. The van der Waals surface area contributed by atoms with Crippen LogP contribution in [-0.4, -0.2) is 74.7 Å². The summed E-state index contributed by atoms with van der Waals surface area (Å²) in [6.45, 7) is 8.07. The molecule has 0 saturated carbocycles. The first-order chi connectivity index (χ1) is 9.04. The fraction of sp³-hybridized carbons (Fsp3) is 0.929. The Morgan fingerprint density at radius 1 is 1.47 bits per heavy atom. The van der Waals surface area contributed by atoms with Crippen molar-refractivity contribution >= 4 is 5.91 Å². The molecule has 1 heterocycles. The van der Waals surface area contributed by atoms with Gasteiger partial charge in [-0.2, -0.15) is 0 Å². The molecule has 0 radical (unpaired) electrons. The lowest BCUT2D eigenvalue weighted by Gasteiger charge is -2.28. The van der Waals surface area contributed by atoms with Crippen molar-refractivity contribution in [3.05, 3.63) is 0 Å². The minimum atomic E-state index is 0.184. The van der Waals surface area contributed by atoms with E-state index in [0.29, 0.717) is 19.2 Å². The number of nitrogens with one attached hydrogen (secondary N) is 1. The van der Waals surface area contributed by atoms with Gasteiger partial charge in [-0.15, -0.1) is 0 Å². The van der Waals surface area contributed by atoms with Gasteiger partial charge in [-0.05, 0) is 33.2 Å². The van der Waals surface area contributed by atoms with Crippen molar-refractivity contribution in [1.29, 1.82) is 0 Å². The van der Waals surface area contributed by atoms with Gasteiger partial charge in [0.1, 0.15) is 0 Å². The van der Waals surface area contributed by atoms with Crippen molar-refractivity contribution in [2.75, 3.05) is 46.9 Å². The molecule has 112 valence electrons. The Hall–Kier alpha value is -0.650. The molecule has 1 saturated heterocycles. The highest BCUT2D eigenvalue weighted by atomic mass is 16.5. The maximum atomic E-state index is 12.2. The molecule has 0 aromatic rings. The first-order valence-corrected chi connectivity index (χ1v) is 7.25. The lowest BCUT2D eigenvalue weighted by atomic mass is 10.2. The number of ether oxygens (including phenoxy) is 1. The van der Waals surface area contributed by atoms with E-state index in [2.05, 4.69) is 10.2 Å². The molecule has 1 N–H and O–H groups in total. The molecule has 1 rings (SSSR count). The van der Waals surface area contributed by atoms with Crippen molar-refractivity contribution in [1.82, 2.24) is 15.1 Å². The summed E-state index contributed by atoms with van der Waals surface area (Å²) in [5.41, 5.74) is 0. The zero-order valence-electron chi connectivity index (χ0n) is 12.8. The van der Waals surface area contributed by atoms with Crippen LogP contribution in [0.25, 0.3) is 0 Å². The minimum absolute atomic E-state index is 0.184. The van der Waals surface area contributed by atoms with Crippen LogP contribution < -0.4 is 5.32 Å². The summed E-state index contributed by atoms with van der Waals surface area (Å²) >= 11 is 0. The molecule has 1 atom stereocenters. The van der Waals surface area contributed by atoms with Gasteiger partial charge in [0.15, 0.2) is 0 Å². The van der Waals surface area contributed by atoms with Crippen LogP contribution in [0.1, 0.15) is 26.7 Å². The normalized spacial score (nSPS) is 19.4. The van der Waals surface area contributed by atoms with Crippen LogP contribution in [0, 0.1) is 0 Å². The van der Waals surface area contributed by atoms with Crippen molar-refractivity contribution < 1.29 is 9.53 Å².